The van der Waals surface area contributed by atoms with Gasteiger partial charge in [-0.1, -0.05) is 91.0 Å². The first-order valence-corrected chi connectivity index (χ1v) is 9.96. The normalized spacial score (nSPS) is 12.1. The highest BCUT2D eigenvalue weighted by atomic mass is 16.3. The minimum atomic E-state index is -0.0744. The number of furan rings is 1. The lowest BCUT2D eigenvalue weighted by atomic mass is 9.89. The van der Waals surface area contributed by atoms with E-state index in [0.717, 1.165) is 17.1 Å². The summed E-state index contributed by atoms with van der Waals surface area (Å²) in [5.74, 6) is 1.81. The summed E-state index contributed by atoms with van der Waals surface area (Å²) >= 11 is 0. The first-order valence-electron chi connectivity index (χ1n) is 9.96. The zero-order valence-electron chi connectivity index (χ0n) is 16.5. The van der Waals surface area contributed by atoms with Crippen molar-refractivity contribution in [2.24, 2.45) is 0 Å². The highest BCUT2D eigenvalue weighted by molar-refractivity contribution is 5.77. The summed E-state index contributed by atoms with van der Waals surface area (Å²) in [4.78, 5) is 11.9. The third-order valence-electron chi connectivity index (χ3n) is 5.23. The van der Waals surface area contributed by atoms with Crippen LogP contribution in [0.2, 0.25) is 0 Å². The van der Waals surface area contributed by atoms with E-state index < -0.39 is 0 Å². The van der Waals surface area contributed by atoms with Crippen molar-refractivity contribution in [3.63, 3.8) is 0 Å². The van der Waals surface area contributed by atoms with Crippen LogP contribution in [-0.2, 0) is 4.79 Å². The van der Waals surface area contributed by atoms with Gasteiger partial charge in [-0.25, -0.2) is 0 Å². The van der Waals surface area contributed by atoms with Crippen molar-refractivity contribution in [2.75, 3.05) is 0 Å². The predicted molar refractivity (Wildman–Crippen MR) is 116 cm³/mol. The van der Waals surface area contributed by atoms with Gasteiger partial charge in [0.05, 0.1) is 5.92 Å². The number of ketones is 1. The number of benzene rings is 3. The highest BCUT2D eigenvalue weighted by Crippen LogP contribution is 2.36. The molecule has 1 aromatic heterocycles. The molecule has 0 N–H and O–H groups in total. The Bertz CT molecular complexity index is 1010. The van der Waals surface area contributed by atoms with E-state index in [1.165, 1.54) is 11.1 Å². The van der Waals surface area contributed by atoms with Gasteiger partial charge in [0.1, 0.15) is 17.3 Å². The van der Waals surface area contributed by atoms with Crippen molar-refractivity contribution in [1.82, 2.24) is 0 Å². The van der Waals surface area contributed by atoms with E-state index in [4.69, 9.17) is 4.42 Å². The van der Waals surface area contributed by atoms with E-state index >= 15 is 0 Å². The first kappa shape index (κ1) is 18.9. The lowest BCUT2D eigenvalue weighted by molar-refractivity contribution is -0.117. The van der Waals surface area contributed by atoms with Crippen LogP contribution in [0.4, 0.5) is 0 Å². The van der Waals surface area contributed by atoms with E-state index in [1.54, 1.807) is 6.92 Å². The molecule has 0 saturated carbocycles. The van der Waals surface area contributed by atoms with Crippen molar-refractivity contribution in [2.45, 2.75) is 25.2 Å². The molecule has 0 aliphatic rings. The summed E-state index contributed by atoms with van der Waals surface area (Å²) in [5.41, 5.74) is 3.46. The van der Waals surface area contributed by atoms with Crippen LogP contribution >= 0.6 is 0 Å². The molecule has 2 heteroatoms. The SMILES string of the molecule is CC(=O)CC(c1ccccc1)c1ccc(C(c2ccccc2)c2ccccc2)o1. The second kappa shape index (κ2) is 8.74. The molecule has 0 amide bonds. The summed E-state index contributed by atoms with van der Waals surface area (Å²) < 4.78 is 6.42. The molecule has 3 aromatic carbocycles. The Morgan fingerprint density at radius 2 is 1.10 bits per heavy atom. The molecule has 144 valence electrons. The molecular formula is C27H24O2. The molecule has 2 nitrogen and oxygen atoms in total. The van der Waals surface area contributed by atoms with E-state index in [0.29, 0.717) is 6.42 Å². The van der Waals surface area contributed by atoms with Crippen molar-refractivity contribution in [1.29, 1.82) is 0 Å². The molecular weight excluding hydrogens is 356 g/mol. The number of rotatable bonds is 7. The van der Waals surface area contributed by atoms with Gasteiger partial charge in [-0.15, -0.1) is 0 Å². The average Bonchev–Trinajstić information content (AvgIpc) is 3.23. The van der Waals surface area contributed by atoms with E-state index in [2.05, 4.69) is 66.7 Å². The molecule has 0 bridgehead atoms. The zero-order chi connectivity index (χ0) is 20.1. The van der Waals surface area contributed by atoms with Gasteiger partial charge in [0.25, 0.3) is 0 Å². The monoisotopic (exact) mass is 380 g/mol. The summed E-state index contributed by atoms with van der Waals surface area (Å²) in [6.07, 6.45) is 0.429. The van der Waals surface area contributed by atoms with Gasteiger partial charge in [-0.3, -0.25) is 4.79 Å². The number of carbonyl (C=O) groups excluding carboxylic acids is 1. The average molecular weight is 380 g/mol. The Kier molecular flexibility index (Phi) is 5.71. The van der Waals surface area contributed by atoms with Gasteiger partial charge < -0.3 is 4.42 Å². The Balaban J connectivity index is 1.76. The minimum Gasteiger partial charge on any atom is -0.464 e. The maximum atomic E-state index is 11.9. The van der Waals surface area contributed by atoms with Gasteiger partial charge in [0, 0.05) is 12.3 Å². The van der Waals surface area contributed by atoms with Crippen LogP contribution in [0.25, 0.3) is 0 Å². The molecule has 0 fully saturated rings. The van der Waals surface area contributed by atoms with E-state index in [1.807, 2.05) is 36.4 Å². The highest BCUT2D eigenvalue weighted by Gasteiger charge is 2.24. The quantitative estimate of drug-likeness (QED) is 0.363. The molecule has 0 aliphatic heterocycles. The minimum absolute atomic E-state index is 0.0138. The van der Waals surface area contributed by atoms with Crippen molar-refractivity contribution in [3.8, 4) is 0 Å². The molecule has 4 rings (SSSR count). The Morgan fingerprint density at radius 1 is 0.655 bits per heavy atom. The molecule has 1 unspecified atom stereocenters. The largest absolute Gasteiger partial charge is 0.464 e. The molecule has 0 saturated heterocycles. The van der Waals surface area contributed by atoms with Crippen LogP contribution in [0.5, 0.6) is 0 Å². The third-order valence-corrected chi connectivity index (χ3v) is 5.23. The fourth-order valence-electron chi connectivity index (χ4n) is 3.88. The lowest BCUT2D eigenvalue weighted by Gasteiger charge is -2.17. The number of carbonyl (C=O) groups is 1. The summed E-state index contributed by atoms with van der Waals surface area (Å²) in [6.45, 7) is 1.64. The van der Waals surface area contributed by atoms with Crippen LogP contribution in [0.1, 0.15) is 53.4 Å². The standard InChI is InChI=1S/C27H24O2/c1-20(28)19-24(21-11-5-2-6-12-21)25-17-18-26(29-25)27(22-13-7-3-8-14-22)23-15-9-4-10-16-23/h2-18,24,27H,19H2,1H3. The number of hydrogen-bond donors (Lipinski definition) is 0. The molecule has 0 radical (unpaired) electrons. The Hall–Kier alpha value is -3.39. The smallest absolute Gasteiger partial charge is 0.130 e. The van der Waals surface area contributed by atoms with Crippen LogP contribution in [-0.4, -0.2) is 5.78 Å². The fraction of sp³-hybridized carbons (Fsp3) is 0.148. The van der Waals surface area contributed by atoms with E-state index in [-0.39, 0.29) is 17.6 Å². The van der Waals surface area contributed by atoms with Crippen LogP contribution < -0.4 is 0 Å². The number of Topliss-reactive ketones (excluding diaryl/α,β-unsaturated/α-hetero) is 1. The lowest BCUT2D eigenvalue weighted by Crippen LogP contribution is -2.06. The third kappa shape index (κ3) is 4.38. The van der Waals surface area contributed by atoms with Crippen molar-refractivity contribution >= 4 is 5.78 Å². The second-order valence-electron chi connectivity index (χ2n) is 7.36. The maximum Gasteiger partial charge on any atom is 0.130 e. The molecule has 29 heavy (non-hydrogen) atoms. The molecule has 0 aliphatic carbocycles. The number of hydrogen-bond acceptors (Lipinski definition) is 2. The van der Waals surface area contributed by atoms with Crippen LogP contribution in [0.3, 0.4) is 0 Å². The van der Waals surface area contributed by atoms with Crippen LogP contribution in [0.15, 0.2) is 108 Å². The van der Waals surface area contributed by atoms with Crippen molar-refractivity contribution < 1.29 is 9.21 Å². The summed E-state index contributed by atoms with van der Waals surface area (Å²) in [6, 6.07) is 35.0. The molecule has 0 spiro atoms. The Morgan fingerprint density at radius 3 is 1.59 bits per heavy atom. The van der Waals surface area contributed by atoms with Gasteiger partial charge in [0.2, 0.25) is 0 Å². The fourth-order valence-corrected chi connectivity index (χ4v) is 3.88. The summed E-state index contributed by atoms with van der Waals surface area (Å²) in [7, 11) is 0. The first-order chi connectivity index (χ1) is 14.2. The van der Waals surface area contributed by atoms with E-state index in [9.17, 15) is 4.79 Å². The zero-order valence-corrected chi connectivity index (χ0v) is 16.5. The Labute approximate surface area is 171 Å². The molecule has 4 aromatic rings. The second-order valence-corrected chi connectivity index (χ2v) is 7.36. The van der Waals surface area contributed by atoms with Gasteiger partial charge in [-0.2, -0.15) is 0 Å². The maximum absolute atomic E-state index is 11.9. The summed E-state index contributed by atoms with van der Waals surface area (Å²) in [5, 5.41) is 0. The topological polar surface area (TPSA) is 30.2 Å². The van der Waals surface area contributed by atoms with Gasteiger partial charge >= 0.3 is 0 Å². The van der Waals surface area contributed by atoms with Crippen LogP contribution in [0, 0.1) is 0 Å². The molecule has 1 heterocycles. The predicted octanol–water partition coefficient (Wildman–Crippen LogP) is 6.57. The van der Waals surface area contributed by atoms with Crippen molar-refractivity contribution in [3.05, 3.63) is 131 Å². The molecule has 1 atom stereocenters. The van der Waals surface area contributed by atoms with Gasteiger partial charge in [0.15, 0.2) is 0 Å². The van der Waals surface area contributed by atoms with Gasteiger partial charge in [-0.05, 0) is 35.7 Å².